The normalized spacial score (nSPS) is 25.9. The molecule has 7 heteroatoms. The van der Waals surface area contributed by atoms with Crippen molar-refractivity contribution in [2.45, 2.75) is 19.9 Å². The van der Waals surface area contributed by atoms with Crippen LogP contribution >= 0.6 is 0 Å². The van der Waals surface area contributed by atoms with Crippen molar-refractivity contribution in [2.75, 3.05) is 40.3 Å². The average molecular weight is 346 g/mol. The van der Waals surface area contributed by atoms with Crippen molar-refractivity contribution in [3.63, 3.8) is 0 Å². The second kappa shape index (κ2) is 6.63. The second-order valence-electron chi connectivity index (χ2n) is 7.40. The van der Waals surface area contributed by atoms with E-state index in [1.54, 1.807) is 19.0 Å². The van der Waals surface area contributed by atoms with E-state index < -0.39 is 11.4 Å². The number of aryl methyl sites for hydroxylation is 1. The Bertz CT molecular complexity index is 661. The monoisotopic (exact) mass is 346 g/mol. The van der Waals surface area contributed by atoms with Gasteiger partial charge in [0.15, 0.2) is 0 Å². The predicted molar refractivity (Wildman–Crippen MR) is 93.1 cm³/mol. The van der Waals surface area contributed by atoms with Crippen LogP contribution in [-0.2, 0) is 17.8 Å². The summed E-state index contributed by atoms with van der Waals surface area (Å²) < 4.78 is 0. The molecule has 2 aliphatic heterocycles. The Labute approximate surface area is 148 Å². The molecule has 25 heavy (non-hydrogen) atoms. The van der Waals surface area contributed by atoms with E-state index in [2.05, 4.69) is 22.9 Å². The van der Waals surface area contributed by atoms with Gasteiger partial charge < -0.3 is 14.9 Å². The van der Waals surface area contributed by atoms with Crippen LogP contribution in [-0.4, -0.2) is 77.1 Å². The standard InChI is InChI=1S/C18H26N4O3/c1-4-13-5-6-15(19-7-13)10-21-8-14-9-22(17(25)20(2)3)12-18(14,11-21)16(23)24/h5-7,14H,4,8-12H2,1-3H3,(H,23,24). The summed E-state index contributed by atoms with van der Waals surface area (Å²) in [6.45, 7) is 4.67. The van der Waals surface area contributed by atoms with E-state index in [4.69, 9.17) is 0 Å². The first-order valence-electron chi connectivity index (χ1n) is 8.71. The van der Waals surface area contributed by atoms with E-state index >= 15 is 0 Å². The maximum Gasteiger partial charge on any atom is 0.319 e. The summed E-state index contributed by atoms with van der Waals surface area (Å²) in [6, 6.07) is 3.98. The number of hydrogen-bond acceptors (Lipinski definition) is 4. The number of aromatic nitrogens is 1. The van der Waals surface area contributed by atoms with Crippen LogP contribution in [0.1, 0.15) is 18.2 Å². The fraction of sp³-hybridized carbons (Fsp3) is 0.611. The average Bonchev–Trinajstić information content (AvgIpc) is 3.09. The topological polar surface area (TPSA) is 77.0 Å². The summed E-state index contributed by atoms with van der Waals surface area (Å²) in [6.07, 6.45) is 2.84. The van der Waals surface area contributed by atoms with Crippen LogP contribution in [0.2, 0.25) is 0 Å². The zero-order valence-electron chi connectivity index (χ0n) is 15.1. The van der Waals surface area contributed by atoms with Crippen LogP contribution in [0.3, 0.4) is 0 Å². The highest BCUT2D eigenvalue weighted by Gasteiger charge is 2.58. The molecule has 0 saturated carbocycles. The minimum atomic E-state index is -0.866. The highest BCUT2D eigenvalue weighted by molar-refractivity contribution is 5.80. The minimum Gasteiger partial charge on any atom is -0.481 e. The third kappa shape index (κ3) is 3.20. The van der Waals surface area contributed by atoms with Crippen LogP contribution < -0.4 is 0 Å². The lowest BCUT2D eigenvalue weighted by molar-refractivity contribution is -0.148. The van der Waals surface area contributed by atoms with Gasteiger partial charge in [-0.3, -0.25) is 14.7 Å². The first-order chi connectivity index (χ1) is 11.9. The summed E-state index contributed by atoms with van der Waals surface area (Å²) in [4.78, 5) is 34.1. The summed E-state index contributed by atoms with van der Waals surface area (Å²) in [7, 11) is 3.39. The summed E-state index contributed by atoms with van der Waals surface area (Å²) in [5, 5.41) is 9.87. The van der Waals surface area contributed by atoms with Gasteiger partial charge in [-0.15, -0.1) is 0 Å². The molecule has 0 spiro atoms. The molecule has 2 fully saturated rings. The number of amides is 2. The number of fused-ring (bicyclic) bond motifs is 1. The third-order valence-electron chi connectivity index (χ3n) is 5.44. The Morgan fingerprint density at radius 2 is 2.08 bits per heavy atom. The van der Waals surface area contributed by atoms with Crippen molar-refractivity contribution in [2.24, 2.45) is 11.3 Å². The van der Waals surface area contributed by atoms with Gasteiger partial charge in [0, 0.05) is 58.9 Å². The number of carbonyl (C=O) groups excluding carboxylic acids is 1. The molecule has 2 atom stereocenters. The minimum absolute atomic E-state index is 0.0381. The molecule has 1 aromatic heterocycles. The predicted octanol–water partition coefficient (Wildman–Crippen LogP) is 1.14. The molecular formula is C18H26N4O3. The maximum absolute atomic E-state index is 12.2. The Kier molecular flexibility index (Phi) is 4.69. The van der Waals surface area contributed by atoms with Crippen molar-refractivity contribution in [3.8, 4) is 0 Å². The van der Waals surface area contributed by atoms with Crippen LogP contribution in [0.25, 0.3) is 0 Å². The molecule has 7 nitrogen and oxygen atoms in total. The molecule has 1 N–H and O–H groups in total. The van der Waals surface area contributed by atoms with E-state index in [1.165, 1.54) is 10.5 Å². The molecule has 2 aliphatic rings. The zero-order valence-corrected chi connectivity index (χ0v) is 15.1. The van der Waals surface area contributed by atoms with Crippen LogP contribution in [0.4, 0.5) is 4.79 Å². The number of carboxylic acids is 1. The van der Waals surface area contributed by atoms with Crippen molar-refractivity contribution < 1.29 is 14.7 Å². The molecule has 0 aromatic carbocycles. The van der Waals surface area contributed by atoms with Gasteiger partial charge in [0.25, 0.3) is 0 Å². The van der Waals surface area contributed by atoms with Crippen molar-refractivity contribution in [1.29, 1.82) is 0 Å². The lowest BCUT2D eigenvalue weighted by atomic mass is 9.81. The fourth-order valence-corrected chi connectivity index (χ4v) is 4.01. The maximum atomic E-state index is 12.2. The smallest absolute Gasteiger partial charge is 0.319 e. The third-order valence-corrected chi connectivity index (χ3v) is 5.44. The Morgan fingerprint density at radius 3 is 2.60 bits per heavy atom. The SMILES string of the molecule is CCc1ccc(CN2CC3CN(C(=O)N(C)C)CC3(C(=O)O)C2)nc1. The molecular weight excluding hydrogens is 320 g/mol. The van der Waals surface area contributed by atoms with Gasteiger partial charge in [0.1, 0.15) is 5.41 Å². The fourth-order valence-electron chi connectivity index (χ4n) is 4.01. The van der Waals surface area contributed by atoms with E-state index in [-0.39, 0.29) is 18.5 Å². The number of carbonyl (C=O) groups is 2. The highest BCUT2D eigenvalue weighted by Crippen LogP contribution is 2.43. The van der Waals surface area contributed by atoms with Gasteiger partial charge in [0.05, 0.1) is 5.69 Å². The van der Waals surface area contributed by atoms with Gasteiger partial charge in [-0.2, -0.15) is 0 Å². The molecule has 0 aliphatic carbocycles. The summed E-state index contributed by atoms with van der Waals surface area (Å²) in [5.41, 5.74) is 1.29. The molecule has 3 heterocycles. The Morgan fingerprint density at radius 1 is 1.32 bits per heavy atom. The number of carboxylic acid groups (broad SMARTS) is 1. The number of aliphatic carboxylic acids is 1. The first-order valence-corrected chi connectivity index (χ1v) is 8.71. The van der Waals surface area contributed by atoms with Crippen LogP contribution in [0, 0.1) is 11.3 Å². The van der Waals surface area contributed by atoms with Gasteiger partial charge in [-0.25, -0.2) is 4.79 Å². The van der Waals surface area contributed by atoms with E-state index in [0.717, 1.165) is 12.1 Å². The lowest BCUT2D eigenvalue weighted by Gasteiger charge is -2.27. The van der Waals surface area contributed by atoms with Crippen LogP contribution in [0.15, 0.2) is 18.3 Å². The number of pyridine rings is 1. The van der Waals surface area contributed by atoms with E-state index in [1.807, 2.05) is 12.3 Å². The summed E-state index contributed by atoms with van der Waals surface area (Å²) in [5.74, 6) is -0.841. The van der Waals surface area contributed by atoms with Gasteiger partial charge in [-0.1, -0.05) is 13.0 Å². The molecule has 1 aromatic rings. The number of nitrogens with zero attached hydrogens (tertiary/aromatic N) is 4. The molecule has 136 valence electrons. The van der Waals surface area contributed by atoms with Crippen molar-refractivity contribution >= 4 is 12.0 Å². The largest absolute Gasteiger partial charge is 0.481 e. The van der Waals surface area contributed by atoms with Gasteiger partial charge >= 0.3 is 12.0 Å². The molecule has 0 bridgehead atoms. The number of likely N-dealkylation sites (tertiary alicyclic amines) is 2. The Balaban J connectivity index is 1.71. The molecule has 0 radical (unpaired) electrons. The zero-order chi connectivity index (χ0) is 18.2. The second-order valence-corrected chi connectivity index (χ2v) is 7.40. The Hall–Kier alpha value is -2.15. The summed E-state index contributed by atoms with van der Waals surface area (Å²) >= 11 is 0. The van der Waals surface area contributed by atoms with Crippen molar-refractivity contribution in [3.05, 3.63) is 29.6 Å². The number of hydrogen-bond donors (Lipinski definition) is 1. The lowest BCUT2D eigenvalue weighted by Crippen LogP contribution is -2.44. The number of rotatable bonds is 4. The number of urea groups is 1. The van der Waals surface area contributed by atoms with Crippen molar-refractivity contribution in [1.82, 2.24) is 19.7 Å². The molecule has 2 unspecified atom stereocenters. The first kappa shape index (κ1) is 17.7. The van der Waals surface area contributed by atoms with Crippen LogP contribution in [0.5, 0.6) is 0 Å². The van der Waals surface area contributed by atoms with Gasteiger partial charge in [-0.05, 0) is 18.1 Å². The van der Waals surface area contributed by atoms with E-state index in [0.29, 0.717) is 26.2 Å². The van der Waals surface area contributed by atoms with E-state index in [9.17, 15) is 14.7 Å². The molecule has 2 amide bonds. The molecule has 2 saturated heterocycles. The molecule has 3 rings (SSSR count). The highest BCUT2D eigenvalue weighted by atomic mass is 16.4. The van der Waals surface area contributed by atoms with Gasteiger partial charge in [0.2, 0.25) is 0 Å². The quantitative estimate of drug-likeness (QED) is 0.885.